The van der Waals surface area contributed by atoms with Gasteiger partial charge in [0, 0.05) is 41.2 Å². The number of rotatable bonds is 6. The summed E-state index contributed by atoms with van der Waals surface area (Å²) in [7, 11) is 1.39. The maximum absolute atomic E-state index is 14.6. The van der Waals surface area contributed by atoms with Gasteiger partial charge in [0.15, 0.2) is 11.6 Å². The van der Waals surface area contributed by atoms with Crippen molar-refractivity contribution in [2.75, 3.05) is 19.0 Å². The van der Waals surface area contributed by atoms with Crippen molar-refractivity contribution in [3.63, 3.8) is 0 Å². The van der Waals surface area contributed by atoms with E-state index in [2.05, 4.69) is 10.3 Å². The molecule has 1 aromatic heterocycles. The minimum atomic E-state index is -4.70. The number of aliphatic hydroxyl groups excluding tert-OH is 1. The lowest BCUT2D eigenvalue weighted by atomic mass is 9.90. The smallest absolute Gasteiger partial charge is 0.416 e. The first kappa shape index (κ1) is 30.0. The van der Waals surface area contributed by atoms with Gasteiger partial charge < -0.3 is 15.2 Å². The van der Waals surface area contributed by atoms with E-state index in [1.807, 2.05) is 0 Å². The van der Waals surface area contributed by atoms with Gasteiger partial charge in [-0.25, -0.2) is 18.8 Å². The maximum Gasteiger partial charge on any atom is 0.416 e. The first-order valence-corrected chi connectivity index (χ1v) is 13.3. The summed E-state index contributed by atoms with van der Waals surface area (Å²) in [5.41, 5.74) is -2.37. The van der Waals surface area contributed by atoms with Crippen LogP contribution in [0.25, 0.3) is 11.1 Å². The second kappa shape index (κ2) is 11.0. The van der Waals surface area contributed by atoms with Gasteiger partial charge in [-0.1, -0.05) is 12.1 Å². The lowest BCUT2D eigenvalue weighted by molar-refractivity contribution is -0.160. The monoisotopic (exact) mass is 602 g/mol. The second-order valence-electron chi connectivity index (χ2n) is 10.6. The predicted molar refractivity (Wildman–Crippen MR) is 146 cm³/mol. The highest BCUT2D eigenvalue weighted by Crippen LogP contribution is 2.43. The summed E-state index contributed by atoms with van der Waals surface area (Å²) in [6.07, 6.45) is -2.53. The number of nitrogens with one attached hydrogen (secondary N) is 1. The van der Waals surface area contributed by atoms with E-state index in [-0.39, 0.29) is 28.3 Å². The lowest BCUT2D eigenvalue weighted by Gasteiger charge is -2.46. The molecule has 0 aliphatic carbocycles. The summed E-state index contributed by atoms with van der Waals surface area (Å²) in [5, 5.41) is 16.4. The average Bonchev–Trinajstić information content (AvgIpc) is 3.36. The molecule has 2 aliphatic rings. The highest BCUT2D eigenvalue weighted by molar-refractivity contribution is 6.24. The van der Waals surface area contributed by atoms with Crippen molar-refractivity contribution in [1.82, 2.24) is 15.0 Å². The van der Waals surface area contributed by atoms with Crippen LogP contribution in [-0.4, -0.2) is 51.1 Å². The number of aliphatic hydroxyl groups is 1. The van der Waals surface area contributed by atoms with E-state index in [0.29, 0.717) is 24.9 Å². The molecule has 226 valence electrons. The van der Waals surface area contributed by atoms with E-state index >= 15 is 0 Å². The molecule has 0 radical (unpaired) electrons. The van der Waals surface area contributed by atoms with E-state index in [1.54, 1.807) is 13.8 Å². The number of methoxy groups -OCH3 is 1. The van der Waals surface area contributed by atoms with Gasteiger partial charge in [-0.2, -0.15) is 13.2 Å². The van der Waals surface area contributed by atoms with Crippen molar-refractivity contribution >= 4 is 17.5 Å². The number of alkyl halides is 3. The van der Waals surface area contributed by atoms with Gasteiger partial charge in [0.05, 0.1) is 24.8 Å². The molecule has 3 heterocycles. The summed E-state index contributed by atoms with van der Waals surface area (Å²) in [6, 6.07) is 7.71. The Kier molecular flexibility index (Phi) is 7.63. The largest absolute Gasteiger partial charge is 0.509 e. The first-order chi connectivity index (χ1) is 20.3. The number of pyridine rings is 1. The van der Waals surface area contributed by atoms with Crippen LogP contribution in [0.15, 0.2) is 60.0 Å². The average molecular weight is 603 g/mol. The molecule has 5 rings (SSSR count). The van der Waals surface area contributed by atoms with Crippen LogP contribution in [0.5, 0.6) is 5.88 Å². The molecule has 0 saturated carbocycles. The standard InChI is InChI=1S/C30H27F5N4O4/c1-16-12-23(43-3)36-14-20(16)19-13-18(30(33,34)35)8-9-22(19)37-27(41)24-26(40)29(2)10-5-11-39(29)38(28(24)42)15-17-6-4-7-21(31)25(17)32/h4,6-9,12-14,40H,5,10-11,15H2,1-3H3,(H,37,41). The molecule has 13 heteroatoms. The summed E-state index contributed by atoms with van der Waals surface area (Å²) >= 11 is 0. The number of benzene rings is 2. The van der Waals surface area contributed by atoms with Gasteiger partial charge in [0.1, 0.15) is 11.3 Å². The fourth-order valence-electron chi connectivity index (χ4n) is 5.54. The normalized spacial score (nSPS) is 19.1. The Balaban J connectivity index is 1.56. The highest BCUT2D eigenvalue weighted by atomic mass is 19.4. The number of hydrazine groups is 1. The summed E-state index contributed by atoms with van der Waals surface area (Å²) in [4.78, 5) is 31.5. The molecule has 2 aromatic carbocycles. The predicted octanol–water partition coefficient (Wildman–Crippen LogP) is 5.93. The minimum Gasteiger partial charge on any atom is -0.509 e. The number of hydrogen-bond donors (Lipinski definition) is 2. The number of fused-ring (bicyclic) bond motifs is 1. The van der Waals surface area contributed by atoms with Crippen molar-refractivity contribution in [3.8, 4) is 17.0 Å². The molecular formula is C30H27F5N4O4. The van der Waals surface area contributed by atoms with E-state index in [1.165, 1.54) is 36.5 Å². The third kappa shape index (κ3) is 5.29. The summed E-state index contributed by atoms with van der Waals surface area (Å²) < 4.78 is 74.6. The van der Waals surface area contributed by atoms with Crippen LogP contribution in [0.2, 0.25) is 0 Å². The third-order valence-corrected chi connectivity index (χ3v) is 7.85. The SMILES string of the molecule is COc1cc(C)c(-c2cc(C(F)(F)F)ccc2NC(=O)C2=C(O)C3(C)CCCN3N(Cc3cccc(F)c3F)C2=O)cn1. The fourth-order valence-corrected chi connectivity index (χ4v) is 5.54. The quantitative estimate of drug-likeness (QED) is 0.269. The van der Waals surface area contributed by atoms with E-state index in [9.17, 15) is 36.6 Å². The van der Waals surface area contributed by atoms with E-state index < -0.39 is 58.6 Å². The molecule has 43 heavy (non-hydrogen) atoms. The van der Waals surface area contributed by atoms with Gasteiger partial charge in [-0.3, -0.25) is 14.6 Å². The van der Waals surface area contributed by atoms with Crippen LogP contribution in [-0.2, 0) is 22.3 Å². The first-order valence-electron chi connectivity index (χ1n) is 13.3. The molecule has 0 bridgehead atoms. The summed E-state index contributed by atoms with van der Waals surface area (Å²) in [6.45, 7) is 3.11. The van der Waals surface area contributed by atoms with Crippen molar-refractivity contribution in [3.05, 3.63) is 88.3 Å². The van der Waals surface area contributed by atoms with Crippen LogP contribution in [0.4, 0.5) is 27.6 Å². The van der Waals surface area contributed by atoms with Crippen molar-refractivity contribution in [2.45, 2.75) is 44.9 Å². The molecule has 8 nitrogen and oxygen atoms in total. The van der Waals surface area contributed by atoms with Crippen molar-refractivity contribution < 1.29 is 41.4 Å². The third-order valence-electron chi connectivity index (χ3n) is 7.85. The van der Waals surface area contributed by atoms with Crippen LogP contribution in [0, 0.1) is 18.6 Å². The maximum atomic E-state index is 14.6. The Morgan fingerprint density at radius 1 is 1.16 bits per heavy atom. The zero-order chi connectivity index (χ0) is 31.3. The van der Waals surface area contributed by atoms with Gasteiger partial charge in [0.2, 0.25) is 5.88 Å². The van der Waals surface area contributed by atoms with Gasteiger partial charge >= 0.3 is 6.18 Å². The minimum absolute atomic E-state index is 0.0356. The highest BCUT2D eigenvalue weighted by Gasteiger charge is 2.52. The number of amides is 2. The number of nitrogens with zero attached hydrogens (tertiary/aromatic N) is 3. The second-order valence-corrected chi connectivity index (χ2v) is 10.6. The Morgan fingerprint density at radius 2 is 1.91 bits per heavy atom. The molecule has 2 aliphatic heterocycles. The van der Waals surface area contributed by atoms with Crippen LogP contribution in [0.1, 0.15) is 36.5 Å². The fraction of sp³-hybridized carbons (Fsp3) is 0.300. The number of ether oxygens (including phenoxy) is 1. The van der Waals surface area contributed by atoms with Crippen LogP contribution < -0.4 is 10.1 Å². The number of hydrogen-bond acceptors (Lipinski definition) is 6. The number of aromatic nitrogens is 1. The van der Waals surface area contributed by atoms with Gasteiger partial charge in [0.25, 0.3) is 11.8 Å². The molecule has 1 unspecified atom stereocenters. The van der Waals surface area contributed by atoms with Crippen molar-refractivity contribution in [2.24, 2.45) is 0 Å². The number of anilines is 1. The topological polar surface area (TPSA) is 95.0 Å². The molecule has 3 aromatic rings. The molecule has 2 amide bonds. The van der Waals surface area contributed by atoms with E-state index in [0.717, 1.165) is 29.3 Å². The molecule has 1 fully saturated rings. The number of halogens is 5. The molecule has 0 spiro atoms. The van der Waals surface area contributed by atoms with Crippen LogP contribution >= 0.6 is 0 Å². The Morgan fingerprint density at radius 3 is 2.58 bits per heavy atom. The lowest BCUT2D eigenvalue weighted by Crippen LogP contribution is -2.60. The van der Waals surface area contributed by atoms with Crippen molar-refractivity contribution in [1.29, 1.82) is 0 Å². The Hall–Kier alpha value is -4.52. The van der Waals surface area contributed by atoms with E-state index in [4.69, 9.17) is 4.74 Å². The van der Waals surface area contributed by atoms with Gasteiger partial charge in [-0.15, -0.1) is 0 Å². The number of carbonyl (C=O) groups is 2. The Labute approximate surface area is 243 Å². The molecule has 2 N–H and O–H groups in total. The molecule has 1 atom stereocenters. The number of aryl methyl sites for hydroxylation is 1. The van der Waals surface area contributed by atoms with Crippen LogP contribution in [0.3, 0.4) is 0 Å². The molecular weight excluding hydrogens is 575 g/mol. The number of carbonyl (C=O) groups excluding carboxylic acids is 2. The summed E-state index contributed by atoms with van der Waals surface area (Å²) in [5.74, 6) is -4.63. The zero-order valence-corrected chi connectivity index (χ0v) is 23.4. The van der Waals surface area contributed by atoms with Gasteiger partial charge in [-0.05, 0) is 56.5 Å². The Bertz CT molecular complexity index is 1660. The molecule has 1 saturated heterocycles. The zero-order valence-electron chi connectivity index (χ0n) is 23.4.